The number of anilines is 1. The minimum Gasteiger partial charge on any atom is -0.400 e. The smallest absolute Gasteiger partial charge is 0.400 e. The average Bonchev–Trinajstić information content (AvgIpc) is 2.74. The van der Waals surface area contributed by atoms with Crippen molar-refractivity contribution in [3.05, 3.63) is 29.9 Å². The zero-order valence-corrected chi connectivity index (χ0v) is 14.4. The van der Waals surface area contributed by atoms with Gasteiger partial charge < -0.3 is 18.9 Å². The van der Waals surface area contributed by atoms with Crippen LogP contribution in [-0.2, 0) is 14.0 Å². The van der Waals surface area contributed by atoms with Gasteiger partial charge in [-0.05, 0) is 45.4 Å². The number of pyridine rings is 1. The van der Waals surface area contributed by atoms with Gasteiger partial charge in [-0.1, -0.05) is 12.1 Å². The van der Waals surface area contributed by atoms with E-state index in [2.05, 4.69) is 49.7 Å². The van der Waals surface area contributed by atoms with Crippen LogP contribution in [0.2, 0.25) is 0 Å². The molecule has 5 nitrogen and oxygen atoms in total. The Morgan fingerprint density at radius 3 is 2.30 bits per heavy atom. The molecule has 1 aromatic heterocycles. The van der Waals surface area contributed by atoms with Crippen LogP contribution in [0.15, 0.2) is 24.3 Å². The van der Waals surface area contributed by atoms with Crippen LogP contribution in [0.3, 0.4) is 0 Å². The second-order valence-corrected chi connectivity index (χ2v) is 7.03. The molecule has 0 N–H and O–H groups in total. The van der Waals surface area contributed by atoms with Crippen LogP contribution in [0.1, 0.15) is 33.3 Å². The fourth-order valence-electron chi connectivity index (χ4n) is 2.63. The Labute approximate surface area is 138 Å². The van der Waals surface area contributed by atoms with Crippen molar-refractivity contribution in [1.82, 2.24) is 4.98 Å². The molecule has 0 aliphatic carbocycles. The third-order valence-corrected chi connectivity index (χ3v) is 4.82. The lowest BCUT2D eigenvalue weighted by Crippen LogP contribution is -2.41. The van der Waals surface area contributed by atoms with Crippen molar-refractivity contribution < 1.29 is 14.0 Å². The summed E-state index contributed by atoms with van der Waals surface area (Å²) in [6, 6.07) is 4.12. The van der Waals surface area contributed by atoms with Gasteiger partial charge in [0.2, 0.25) is 0 Å². The summed E-state index contributed by atoms with van der Waals surface area (Å²) >= 11 is 0. The summed E-state index contributed by atoms with van der Waals surface area (Å²) in [6.07, 6.45) is 3.88. The van der Waals surface area contributed by atoms with E-state index in [4.69, 9.17) is 14.0 Å². The van der Waals surface area contributed by atoms with Gasteiger partial charge in [0, 0.05) is 19.3 Å². The lowest BCUT2D eigenvalue weighted by molar-refractivity contribution is 0.00578. The van der Waals surface area contributed by atoms with Crippen molar-refractivity contribution in [2.24, 2.45) is 0 Å². The Kier molecular flexibility index (Phi) is 4.49. The molecule has 1 aromatic rings. The van der Waals surface area contributed by atoms with Crippen molar-refractivity contribution in [2.75, 3.05) is 31.2 Å². The Morgan fingerprint density at radius 1 is 1.09 bits per heavy atom. The van der Waals surface area contributed by atoms with E-state index in [-0.39, 0.29) is 18.3 Å². The number of nitrogens with zero attached hydrogens (tertiary/aromatic N) is 2. The zero-order valence-electron chi connectivity index (χ0n) is 14.4. The quantitative estimate of drug-likeness (QED) is 0.802. The van der Waals surface area contributed by atoms with E-state index in [1.54, 1.807) is 0 Å². The molecule has 0 unspecified atom stereocenters. The summed E-state index contributed by atoms with van der Waals surface area (Å²) in [5.41, 5.74) is 0.428. The zero-order chi connectivity index (χ0) is 16.5. The Bertz CT molecular complexity index is 550. The van der Waals surface area contributed by atoms with Gasteiger partial charge in [-0.2, -0.15) is 0 Å². The molecule has 0 amide bonds. The van der Waals surface area contributed by atoms with E-state index in [9.17, 15) is 0 Å². The summed E-state index contributed by atoms with van der Waals surface area (Å²) in [7, 11) is -0.320. The molecule has 3 heterocycles. The number of hydrogen-bond donors (Lipinski definition) is 0. The Morgan fingerprint density at radius 2 is 1.74 bits per heavy atom. The first-order chi connectivity index (χ1) is 10.9. The van der Waals surface area contributed by atoms with Gasteiger partial charge in [0.1, 0.15) is 5.82 Å². The Hall–Kier alpha value is -1.37. The topological polar surface area (TPSA) is 43.8 Å². The van der Waals surface area contributed by atoms with Crippen molar-refractivity contribution >= 4 is 19.0 Å². The maximum absolute atomic E-state index is 5.95. The van der Waals surface area contributed by atoms with E-state index >= 15 is 0 Å². The summed E-state index contributed by atoms with van der Waals surface area (Å²) in [6.45, 7) is 11.6. The SMILES string of the molecule is CC1(C)OB(C=Cc2ccc(N3CCOCC3)nc2)OC1(C)C. The number of morpholine rings is 1. The summed E-state index contributed by atoms with van der Waals surface area (Å²) in [4.78, 5) is 6.78. The summed E-state index contributed by atoms with van der Waals surface area (Å²) in [5.74, 6) is 2.95. The molecule has 6 heteroatoms. The molecule has 0 radical (unpaired) electrons. The van der Waals surface area contributed by atoms with Crippen LogP contribution in [0.4, 0.5) is 5.82 Å². The van der Waals surface area contributed by atoms with Gasteiger partial charge in [-0.15, -0.1) is 0 Å². The fraction of sp³-hybridized carbons (Fsp3) is 0.588. The highest BCUT2D eigenvalue weighted by Crippen LogP contribution is 2.37. The Balaban J connectivity index is 1.62. The molecule has 0 atom stereocenters. The van der Waals surface area contributed by atoms with Gasteiger partial charge in [0.25, 0.3) is 0 Å². The lowest BCUT2D eigenvalue weighted by atomic mass is 9.89. The number of rotatable bonds is 3. The van der Waals surface area contributed by atoms with Crippen molar-refractivity contribution in [2.45, 2.75) is 38.9 Å². The number of hydrogen-bond acceptors (Lipinski definition) is 5. The molecule has 2 aliphatic heterocycles. The molecule has 3 rings (SSSR count). The minimum atomic E-state index is -0.320. The van der Waals surface area contributed by atoms with E-state index < -0.39 is 0 Å². The van der Waals surface area contributed by atoms with Gasteiger partial charge in [0.05, 0.1) is 24.4 Å². The second-order valence-electron chi connectivity index (χ2n) is 7.03. The molecule has 124 valence electrons. The largest absolute Gasteiger partial charge is 0.487 e. The van der Waals surface area contributed by atoms with E-state index in [0.29, 0.717) is 0 Å². The van der Waals surface area contributed by atoms with E-state index in [1.807, 2.05) is 18.2 Å². The van der Waals surface area contributed by atoms with Crippen LogP contribution in [0.5, 0.6) is 0 Å². The molecule has 23 heavy (non-hydrogen) atoms. The predicted octanol–water partition coefficient (Wildman–Crippen LogP) is 2.56. The van der Waals surface area contributed by atoms with Crippen LogP contribution in [0.25, 0.3) is 6.08 Å². The maximum Gasteiger partial charge on any atom is 0.487 e. The van der Waals surface area contributed by atoms with Crippen LogP contribution in [0, 0.1) is 0 Å². The van der Waals surface area contributed by atoms with Gasteiger partial charge in [0.15, 0.2) is 0 Å². The van der Waals surface area contributed by atoms with Crippen molar-refractivity contribution in [3.8, 4) is 0 Å². The van der Waals surface area contributed by atoms with Gasteiger partial charge in [-0.3, -0.25) is 0 Å². The van der Waals surface area contributed by atoms with E-state index in [1.165, 1.54) is 0 Å². The lowest BCUT2D eigenvalue weighted by Gasteiger charge is -2.32. The van der Waals surface area contributed by atoms with Crippen molar-refractivity contribution in [1.29, 1.82) is 0 Å². The van der Waals surface area contributed by atoms with Gasteiger partial charge in [-0.25, -0.2) is 4.98 Å². The van der Waals surface area contributed by atoms with Crippen LogP contribution < -0.4 is 4.90 Å². The summed E-state index contributed by atoms with van der Waals surface area (Å²) < 4.78 is 17.3. The number of ether oxygens (including phenoxy) is 1. The first-order valence-corrected chi connectivity index (χ1v) is 8.20. The third-order valence-electron chi connectivity index (χ3n) is 4.82. The molecule has 2 fully saturated rings. The highest BCUT2D eigenvalue weighted by Gasteiger charge is 2.49. The average molecular weight is 316 g/mol. The maximum atomic E-state index is 5.95. The molecule has 0 bridgehead atoms. The highest BCUT2D eigenvalue weighted by atomic mass is 16.7. The van der Waals surface area contributed by atoms with Crippen molar-refractivity contribution in [3.63, 3.8) is 0 Å². The third kappa shape index (κ3) is 3.60. The van der Waals surface area contributed by atoms with E-state index in [0.717, 1.165) is 37.7 Å². The first-order valence-electron chi connectivity index (χ1n) is 8.20. The minimum absolute atomic E-state index is 0.305. The molecule has 0 aromatic carbocycles. The highest BCUT2D eigenvalue weighted by molar-refractivity contribution is 6.52. The molecule has 0 saturated carbocycles. The molecule has 2 saturated heterocycles. The monoisotopic (exact) mass is 316 g/mol. The normalized spacial score (nSPS) is 23.7. The molecule has 2 aliphatic rings. The molecule has 0 spiro atoms. The second kappa shape index (κ2) is 6.26. The molecular formula is C17H25BN2O3. The molecular weight excluding hydrogens is 291 g/mol. The first kappa shape index (κ1) is 16.5. The standard InChI is InChI=1S/C17H25BN2O3/c1-16(2)17(3,4)23-18(22-16)8-7-14-5-6-15(19-13-14)20-9-11-21-12-10-20/h5-8,13H,9-12H2,1-4H3. The predicted molar refractivity (Wildman–Crippen MR) is 92.4 cm³/mol. The fourth-order valence-corrected chi connectivity index (χ4v) is 2.63. The summed E-state index contributed by atoms with van der Waals surface area (Å²) in [5, 5.41) is 0. The van der Waals surface area contributed by atoms with Crippen LogP contribution in [-0.4, -0.2) is 49.6 Å². The number of aromatic nitrogens is 1. The van der Waals surface area contributed by atoms with Crippen LogP contribution >= 0.6 is 0 Å². The van der Waals surface area contributed by atoms with Gasteiger partial charge >= 0.3 is 7.12 Å².